The van der Waals surface area contributed by atoms with Gasteiger partial charge >= 0.3 is 0 Å². The Morgan fingerprint density at radius 2 is 2.00 bits per heavy atom. The summed E-state index contributed by atoms with van der Waals surface area (Å²) in [5, 5.41) is 12.2. The molecule has 7 heteroatoms. The van der Waals surface area contributed by atoms with Gasteiger partial charge in [-0.15, -0.1) is 11.3 Å². The van der Waals surface area contributed by atoms with E-state index in [4.69, 9.17) is 4.99 Å². The molecule has 0 aliphatic rings. The minimum atomic E-state index is 0.629. The summed E-state index contributed by atoms with van der Waals surface area (Å²) < 4.78 is 1.94. The lowest BCUT2D eigenvalue weighted by molar-refractivity contribution is 0.680. The van der Waals surface area contributed by atoms with Crippen LogP contribution in [0.2, 0.25) is 0 Å². The van der Waals surface area contributed by atoms with Crippen molar-refractivity contribution in [2.45, 2.75) is 39.8 Å². The summed E-state index contributed by atoms with van der Waals surface area (Å²) in [6.07, 6.45) is 7.72. The first-order valence-corrected chi connectivity index (χ1v) is 10.6. The molecular weight excluding hydrogens is 368 g/mol. The van der Waals surface area contributed by atoms with E-state index in [0.29, 0.717) is 6.54 Å². The van der Waals surface area contributed by atoms with E-state index in [-0.39, 0.29) is 0 Å². The summed E-state index contributed by atoms with van der Waals surface area (Å²) in [6.45, 7) is 7.28. The van der Waals surface area contributed by atoms with Crippen molar-refractivity contribution in [2.24, 2.45) is 4.99 Å². The quantitative estimate of drug-likeness (QED) is 0.430. The molecule has 0 spiro atoms. The van der Waals surface area contributed by atoms with Gasteiger partial charge in [0.05, 0.1) is 18.1 Å². The highest BCUT2D eigenvalue weighted by molar-refractivity contribution is 7.11. The van der Waals surface area contributed by atoms with Gasteiger partial charge in [0, 0.05) is 43.0 Å². The number of benzene rings is 1. The number of guanidine groups is 1. The molecule has 1 aromatic carbocycles. The second-order valence-corrected chi connectivity index (χ2v) is 7.62. The molecule has 3 aromatic rings. The molecule has 0 radical (unpaired) electrons. The summed E-state index contributed by atoms with van der Waals surface area (Å²) in [4.78, 5) is 10.6. The van der Waals surface area contributed by atoms with Crippen molar-refractivity contribution in [1.29, 1.82) is 0 Å². The molecule has 0 aliphatic heterocycles. The number of nitrogens with zero attached hydrogens (tertiary/aromatic N) is 4. The largest absolute Gasteiger partial charge is 0.357 e. The molecule has 0 atom stereocenters. The van der Waals surface area contributed by atoms with Crippen LogP contribution in [-0.2, 0) is 25.9 Å². The first-order chi connectivity index (χ1) is 13.8. The number of hydrogen-bond acceptors (Lipinski definition) is 4. The standard InChI is InChI=1S/C21H28N6S/c1-3-19-15-24-20(28-19)10-12-23-21(22-4-2)25-14-17-8-5-6-9-18(17)16-27-13-7-11-26-27/h5-9,11,13,15H,3-4,10,12,14,16H2,1-2H3,(H2,22,23,25). The van der Waals surface area contributed by atoms with Gasteiger partial charge in [-0.3, -0.25) is 4.68 Å². The van der Waals surface area contributed by atoms with E-state index in [1.807, 2.05) is 23.1 Å². The Hall–Kier alpha value is -2.67. The van der Waals surface area contributed by atoms with E-state index in [1.165, 1.54) is 21.0 Å². The van der Waals surface area contributed by atoms with Crippen LogP contribution in [0.5, 0.6) is 0 Å². The first-order valence-electron chi connectivity index (χ1n) is 9.78. The van der Waals surface area contributed by atoms with Crippen LogP contribution in [0.1, 0.15) is 34.9 Å². The molecule has 2 N–H and O–H groups in total. The number of aromatic nitrogens is 3. The number of rotatable bonds is 9. The maximum atomic E-state index is 4.77. The first kappa shape index (κ1) is 20.1. The lowest BCUT2D eigenvalue weighted by Crippen LogP contribution is -2.38. The fourth-order valence-corrected chi connectivity index (χ4v) is 3.72. The van der Waals surface area contributed by atoms with Gasteiger partial charge < -0.3 is 10.6 Å². The van der Waals surface area contributed by atoms with Crippen molar-refractivity contribution >= 4 is 17.3 Å². The summed E-state index contributed by atoms with van der Waals surface area (Å²) >= 11 is 1.79. The zero-order valence-electron chi connectivity index (χ0n) is 16.6. The van der Waals surface area contributed by atoms with E-state index in [2.05, 4.69) is 58.8 Å². The van der Waals surface area contributed by atoms with E-state index in [0.717, 1.165) is 38.4 Å². The van der Waals surface area contributed by atoms with Crippen LogP contribution >= 0.6 is 11.3 Å². The molecule has 0 unspecified atom stereocenters. The van der Waals surface area contributed by atoms with Crippen LogP contribution in [0.3, 0.4) is 0 Å². The topological polar surface area (TPSA) is 67.1 Å². The minimum Gasteiger partial charge on any atom is -0.357 e. The fourth-order valence-electron chi connectivity index (χ4n) is 2.86. The van der Waals surface area contributed by atoms with Crippen LogP contribution < -0.4 is 10.6 Å². The molecule has 2 aromatic heterocycles. The summed E-state index contributed by atoms with van der Waals surface area (Å²) in [5.41, 5.74) is 2.45. The van der Waals surface area contributed by atoms with Crippen molar-refractivity contribution in [3.63, 3.8) is 0 Å². The van der Waals surface area contributed by atoms with Crippen LogP contribution in [0.25, 0.3) is 0 Å². The maximum Gasteiger partial charge on any atom is 0.191 e. The average Bonchev–Trinajstić information content (AvgIpc) is 3.39. The predicted molar refractivity (Wildman–Crippen MR) is 116 cm³/mol. The molecular formula is C21H28N6S. The molecule has 6 nitrogen and oxygen atoms in total. The number of thiazole rings is 1. The van der Waals surface area contributed by atoms with Gasteiger partial charge in [-0.1, -0.05) is 31.2 Å². The number of aliphatic imine (C=N–C) groups is 1. The molecule has 28 heavy (non-hydrogen) atoms. The molecule has 148 valence electrons. The number of aryl methyl sites for hydroxylation is 1. The third kappa shape index (κ3) is 5.92. The van der Waals surface area contributed by atoms with Crippen LogP contribution in [0, 0.1) is 0 Å². The summed E-state index contributed by atoms with van der Waals surface area (Å²) in [6, 6.07) is 10.3. The van der Waals surface area contributed by atoms with Gasteiger partial charge in [0.25, 0.3) is 0 Å². The zero-order chi connectivity index (χ0) is 19.6. The molecule has 0 fully saturated rings. The van der Waals surface area contributed by atoms with Crippen molar-refractivity contribution < 1.29 is 0 Å². The lowest BCUT2D eigenvalue weighted by atomic mass is 10.1. The molecule has 0 aliphatic carbocycles. The van der Waals surface area contributed by atoms with E-state index in [9.17, 15) is 0 Å². The average molecular weight is 397 g/mol. The van der Waals surface area contributed by atoms with Gasteiger partial charge in [-0.05, 0) is 30.5 Å². The predicted octanol–water partition coefficient (Wildman–Crippen LogP) is 3.25. The second kappa shape index (κ2) is 10.6. The highest BCUT2D eigenvalue weighted by atomic mass is 32.1. The van der Waals surface area contributed by atoms with Crippen molar-refractivity contribution in [3.05, 3.63) is 69.9 Å². The van der Waals surface area contributed by atoms with Gasteiger partial charge in [-0.25, -0.2) is 9.98 Å². The molecule has 0 amide bonds. The molecule has 2 heterocycles. The van der Waals surface area contributed by atoms with E-state index >= 15 is 0 Å². The minimum absolute atomic E-state index is 0.629. The normalized spacial score (nSPS) is 11.6. The SMILES string of the molecule is CCNC(=NCc1ccccc1Cn1cccn1)NCCc1ncc(CC)s1. The molecule has 0 bridgehead atoms. The lowest BCUT2D eigenvalue weighted by Gasteiger charge is -2.12. The van der Waals surface area contributed by atoms with Crippen molar-refractivity contribution in [2.75, 3.05) is 13.1 Å². The molecule has 3 rings (SSSR count). The van der Waals surface area contributed by atoms with Gasteiger partial charge in [0.15, 0.2) is 5.96 Å². The Kier molecular flexibility index (Phi) is 7.61. The molecule has 0 saturated heterocycles. The summed E-state index contributed by atoms with van der Waals surface area (Å²) in [7, 11) is 0. The smallest absolute Gasteiger partial charge is 0.191 e. The zero-order valence-corrected chi connectivity index (χ0v) is 17.4. The Labute approximate surface area is 170 Å². The Morgan fingerprint density at radius 3 is 2.71 bits per heavy atom. The highest BCUT2D eigenvalue weighted by Gasteiger charge is 2.05. The summed E-state index contributed by atoms with van der Waals surface area (Å²) in [5.74, 6) is 0.837. The maximum absolute atomic E-state index is 4.77. The fraction of sp³-hybridized carbons (Fsp3) is 0.381. The van der Waals surface area contributed by atoms with E-state index < -0.39 is 0 Å². The Bertz CT molecular complexity index is 869. The van der Waals surface area contributed by atoms with Crippen molar-refractivity contribution in [1.82, 2.24) is 25.4 Å². The third-order valence-electron chi connectivity index (χ3n) is 4.34. The van der Waals surface area contributed by atoms with Crippen LogP contribution in [0.15, 0.2) is 53.9 Å². The van der Waals surface area contributed by atoms with Crippen LogP contribution in [-0.4, -0.2) is 33.8 Å². The van der Waals surface area contributed by atoms with Gasteiger partial charge in [-0.2, -0.15) is 5.10 Å². The number of nitrogens with one attached hydrogen (secondary N) is 2. The third-order valence-corrected chi connectivity index (χ3v) is 5.54. The Morgan fingerprint density at radius 1 is 1.14 bits per heavy atom. The molecule has 0 saturated carbocycles. The van der Waals surface area contributed by atoms with Gasteiger partial charge in [0.2, 0.25) is 0 Å². The van der Waals surface area contributed by atoms with Crippen molar-refractivity contribution in [3.8, 4) is 0 Å². The van der Waals surface area contributed by atoms with Crippen LogP contribution in [0.4, 0.5) is 0 Å². The Balaban J connectivity index is 1.59. The van der Waals surface area contributed by atoms with E-state index in [1.54, 1.807) is 17.5 Å². The number of hydrogen-bond donors (Lipinski definition) is 2. The second-order valence-electron chi connectivity index (χ2n) is 6.42. The van der Waals surface area contributed by atoms with Gasteiger partial charge in [0.1, 0.15) is 0 Å². The highest BCUT2D eigenvalue weighted by Crippen LogP contribution is 2.13. The monoisotopic (exact) mass is 396 g/mol.